The molecule has 0 atom stereocenters. The van der Waals surface area contributed by atoms with Crippen LogP contribution in [0.1, 0.15) is 27.2 Å². The summed E-state index contributed by atoms with van der Waals surface area (Å²) >= 11 is 0. The molecular weight excluding hydrogens is 214 g/mol. The molecule has 0 heterocycles. The summed E-state index contributed by atoms with van der Waals surface area (Å²) in [7, 11) is 3.32. The highest BCUT2D eigenvalue weighted by atomic mass is 16.5. The zero-order valence-electron chi connectivity index (χ0n) is 11.5. The minimum Gasteiger partial charge on any atom is -0.497 e. The van der Waals surface area contributed by atoms with E-state index in [9.17, 15) is 0 Å². The van der Waals surface area contributed by atoms with E-state index >= 15 is 0 Å². The van der Waals surface area contributed by atoms with Crippen LogP contribution in [0.5, 0.6) is 11.5 Å². The van der Waals surface area contributed by atoms with Gasteiger partial charge in [-0.2, -0.15) is 0 Å². The first-order valence-electron chi connectivity index (χ1n) is 5.91. The number of hydrogen-bond donors (Lipinski definition) is 1. The van der Waals surface area contributed by atoms with Crippen molar-refractivity contribution < 1.29 is 9.47 Å². The highest BCUT2D eigenvalue weighted by molar-refractivity contribution is 5.53. The molecule has 0 spiro atoms. The summed E-state index contributed by atoms with van der Waals surface area (Å²) in [6.07, 6.45) is 1.12. The van der Waals surface area contributed by atoms with Gasteiger partial charge in [-0.25, -0.2) is 0 Å². The first-order chi connectivity index (χ1) is 7.94. The summed E-state index contributed by atoms with van der Waals surface area (Å²) in [5.41, 5.74) is 1.38. The van der Waals surface area contributed by atoms with E-state index in [1.54, 1.807) is 14.2 Å². The minimum absolute atomic E-state index is 0.343. The standard InChI is InChI=1S/C14H23NO2/c1-14(2,3)6-7-15-11-8-12(16-4)10-13(9-11)17-5/h8-10,15H,6-7H2,1-5H3. The molecule has 1 aromatic carbocycles. The molecule has 1 rings (SSSR count). The fourth-order valence-electron chi connectivity index (χ4n) is 1.49. The molecule has 0 unspecified atom stereocenters. The molecule has 0 aliphatic rings. The van der Waals surface area contributed by atoms with Crippen molar-refractivity contribution in [1.82, 2.24) is 0 Å². The molecule has 0 aliphatic carbocycles. The number of nitrogens with one attached hydrogen (secondary N) is 1. The minimum atomic E-state index is 0.343. The van der Waals surface area contributed by atoms with E-state index in [-0.39, 0.29) is 0 Å². The summed E-state index contributed by atoms with van der Waals surface area (Å²) in [6, 6.07) is 5.82. The molecule has 17 heavy (non-hydrogen) atoms. The molecule has 1 aromatic rings. The van der Waals surface area contributed by atoms with Crippen LogP contribution in [0.4, 0.5) is 5.69 Å². The van der Waals surface area contributed by atoms with Gasteiger partial charge in [-0.05, 0) is 11.8 Å². The van der Waals surface area contributed by atoms with Crippen molar-refractivity contribution in [3.8, 4) is 11.5 Å². The van der Waals surface area contributed by atoms with Gasteiger partial charge in [-0.3, -0.25) is 0 Å². The first kappa shape index (κ1) is 13.7. The Bertz CT molecular complexity index is 333. The maximum Gasteiger partial charge on any atom is 0.124 e. The smallest absolute Gasteiger partial charge is 0.124 e. The molecule has 0 fully saturated rings. The molecule has 0 saturated carbocycles. The van der Waals surface area contributed by atoms with Crippen molar-refractivity contribution in [2.75, 3.05) is 26.1 Å². The monoisotopic (exact) mass is 237 g/mol. The number of benzene rings is 1. The Hall–Kier alpha value is -1.38. The van der Waals surface area contributed by atoms with E-state index in [1.165, 1.54) is 0 Å². The Labute approximate surface area is 104 Å². The topological polar surface area (TPSA) is 30.5 Å². The SMILES string of the molecule is COc1cc(NCCC(C)(C)C)cc(OC)c1. The van der Waals surface area contributed by atoms with Gasteiger partial charge in [0.25, 0.3) is 0 Å². The third kappa shape index (κ3) is 4.98. The third-order valence-electron chi connectivity index (χ3n) is 2.56. The van der Waals surface area contributed by atoms with Crippen LogP contribution >= 0.6 is 0 Å². The van der Waals surface area contributed by atoms with Crippen molar-refractivity contribution in [3.63, 3.8) is 0 Å². The van der Waals surface area contributed by atoms with Crippen molar-refractivity contribution >= 4 is 5.69 Å². The second kappa shape index (κ2) is 5.80. The second-order valence-electron chi connectivity index (χ2n) is 5.34. The number of ether oxygens (including phenoxy) is 2. The van der Waals surface area contributed by atoms with Gasteiger partial charge in [-0.1, -0.05) is 20.8 Å². The van der Waals surface area contributed by atoms with Crippen molar-refractivity contribution in [3.05, 3.63) is 18.2 Å². The molecule has 0 aromatic heterocycles. The van der Waals surface area contributed by atoms with Crippen LogP contribution in [0.3, 0.4) is 0 Å². The van der Waals surface area contributed by atoms with Crippen LogP contribution in [0, 0.1) is 5.41 Å². The summed E-state index contributed by atoms with van der Waals surface area (Å²) in [5.74, 6) is 1.62. The molecule has 0 radical (unpaired) electrons. The summed E-state index contributed by atoms with van der Waals surface area (Å²) < 4.78 is 10.4. The first-order valence-corrected chi connectivity index (χ1v) is 5.91. The molecule has 96 valence electrons. The van der Waals surface area contributed by atoms with Crippen LogP contribution in [0.15, 0.2) is 18.2 Å². The van der Waals surface area contributed by atoms with Gasteiger partial charge < -0.3 is 14.8 Å². The van der Waals surface area contributed by atoms with E-state index in [1.807, 2.05) is 18.2 Å². The second-order valence-corrected chi connectivity index (χ2v) is 5.34. The van der Waals surface area contributed by atoms with Crippen molar-refractivity contribution in [2.45, 2.75) is 27.2 Å². The highest BCUT2D eigenvalue weighted by Crippen LogP contribution is 2.26. The average Bonchev–Trinajstić information content (AvgIpc) is 2.26. The molecule has 0 amide bonds. The Balaban J connectivity index is 2.64. The Morgan fingerprint density at radius 3 is 1.94 bits per heavy atom. The quantitative estimate of drug-likeness (QED) is 0.849. The number of methoxy groups -OCH3 is 2. The number of rotatable bonds is 5. The molecule has 1 N–H and O–H groups in total. The zero-order valence-corrected chi connectivity index (χ0v) is 11.5. The predicted molar refractivity (Wildman–Crippen MR) is 72.1 cm³/mol. The van der Waals surface area contributed by atoms with Crippen LogP contribution in [0.2, 0.25) is 0 Å². The molecule has 3 nitrogen and oxygen atoms in total. The van der Waals surface area contributed by atoms with Crippen LogP contribution in [-0.2, 0) is 0 Å². The van der Waals surface area contributed by atoms with Crippen LogP contribution < -0.4 is 14.8 Å². The van der Waals surface area contributed by atoms with Crippen LogP contribution in [0.25, 0.3) is 0 Å². The van der Waals surface area contributed by atoms with Crippen LogP contribution in [-0.4, -0.2) is 20.8 Å². The maximum atomic E-state index is 5.22. The Morgan fingerprint density at radius 1 is 1.00 bits per heavy atom. The number of hydrogen-bond acceptors (Lipinski definition) is 3. The summed E-state index contributed by atoms with van der Waals surface area (Å²) in [6.45, 7) is 7.66. The zero-order chi connectivity index (χ0) is 12.9. The van der Waals surface area contributed by atoms with E-state index in [2.05, 4.69) is 26.1 Å². The lowest BCUT2D eigenvalue weighted by molar-refractivity contribution is 0.388. The van der Waals surface area contributed by atoms with E-state index in [4.69, 9.17) is 9.47 Å². The summed E-state index contributed by atoms with van der Waals surface area (Å²) in [4.78, 5) is 0. The van der Waals surface area contributed by atoms with Gasteiger partial charge in [-0.15, -0.1) is 0 Å². The number of anilines is 1. The Morgan fingerprint density at radius 2 is 1.53 bits per heavy atom. The van der Waals surface area contributed by atoms with Crippen molar-refractivity contribution in [2.24, 2.45) is 5.41 Å². The maximum absolute atomic E-state index is 5.22. The van der Waals surface area contributed by atoms with Gasteiger partial charge in [0.15, 0.2) is 0 Å². The highest BCUT2D eigenvalue weighted by Gasteiger charge is 2.09. The van der Waals surface area contributed by atoms with E-state index in [0.717, 1.165) is 30.2 Å². The van der Waals surface area contributed by atoms with Gasteiger partial charge in [0, 0.05) is 30.4 Å². The fraction of sp³-hybridized carbons (Fsp3) is 0.571. The molecule has 0 saturated heterocycles. The summed E-state index contributed by atoms with van der Waals surface area (Å²) in [5, 5.41) is 3.39. The van der Waals surface area contributed by atoms with Crippen molar-refractivity contribution in [1.29, 1.82) is 0 Å². The lowest BCUT2D eigenvalue weighted by Crippen LogP contribution is -2.12. The molecule has 0 bridgehead atoms. The molecule has 3 heteroatoms. The lowest BCUT2D eigenvalue weighted by atomic mass is 9.92. The Kier molecular flexibility index (Phi) is 4.67. The lowest BCUT2D eigenvalue weighted by Gasteiger charge is -2.19. The van der Waals surface area contributed by atoms with Gasteiger partial charge >= 0.3 is 0 Å². The average molecular weight is 237 g/mol. The van der Waals surface area contributed by atoms with E-state index in [0.29, 0.717) is 5.41 Å². The largest absolute Gasteiger partial charge is 0.497 e. The van der Waals surface area contributed by atoms with E-state index < -0.39 is 0 Å². The van der Waals surface area contributed by atoms with Gasteiger partial charge in [0.1, 0.15) is 11.5 Å². The predicted octanol–water partition coefficient (Wildman–Crippen LogP) is 3.55. The molecular formula is C14H23NO2. The van der Waals surface area contributed by atoms with Gasteiger partial charge in [0.05, 0.1) is 14.2 Å². The molecule has 0 aliphatic heterocycles. The fourth-order valence-corrected chi connectivity index (χ4v) is 1.49. The van der Waals surface area contributed by atoms with Gasteiger partial charge in [0.2, 0.25) is 0 Å². The normalized spacial score (nSPS) is 11.1. The third-order valence-corrected chi connectivity index (χ3v) is 2.56.